The van der Waals surface area contributed by atoms with Crippen LogP contribution in [0.4, 0.5) is 4.39 Å². The lowest BCUT2D eigenvalue weighted by molar-refractivity contribution is -0.141. The van der Waals surface area contributed by atoms with E-state index in [1.54, 1.807) is 18.6 Å². The van der Waals surface area contributed by atoms with Crippen LogP contribution < -0.4 is 9.47 Å². The van der Waals surface area contributed by atoms with E-state index in [0.717, 1.165) is 51.1 Å². The number of fused-ring (bicyclic) bond motifs is 2. The minimum Gasteiger partial charge on any atom is -0.492 e. The van der Waals surface area contributed by atoms with Crippen molar-refractivity contribution in [2.75, 3.05) is 13.7 Å². The zero-order chi connectivity index (χ0) is 27.1. The molecule has 4 aromatic rings. The molecule has 1 aromatic heterocycles. The highest BCUT2D eigenvalue weighted by Crippen LogP contribution is 2.45. The Morgan fingerprint density at radius 2 is 1.92 bits per heavy atom. The Kier molecular flexibility index (Phi) is 6.51. The van der Waals surface area contributed by atoms with Crippen LogP contribution in [0.3, 0.4) is 0 Å². The first-order chi connectivity index (χ1) is 18.9. The van der Waals surface area contributed by atoms with E-state index in [9.17, 15) is 4.79 Å². The van der Waals surface area contributed by atoms with Crippen LogP contribution in [0.2, 0.25) is 0 Å². The van der Waals surface area contributed by atoms with Crippen molar-refractivity contribution in [2.45, 2.75) is 45.1 Å². The number of aromatic nitrogens is 2. The number of rotatable bonds is 6. The summed E-state index contributed by atoms with van der Waals surface area (Å²) in [7, 11) is 1.39. The third-order valence-electron chi connectivity index (χ3n) is 7.75. The average molecular weight is 525 g/mol. The van der Waals surface area contributed by atoms with E-state index in [1.165, 1.54) is 7.11 Å². The molecule has 3 aromatic carbocycles. The fraction of sp³-hybridized carbons (Fsp3) is 0.281. The monoisotopic (exact) mass is 524 g/mol. The summed E-state index contributed by atoms with van der Waals surface area (Å²) in [6.45, 7) is 4.60. The number of carbonyl (C=O) groups is 1. The summed E-state index contributed by atoms with van der Waals surface area (Å²) in [4.78, 5) is 20.1. The lowest BCUT2D eigenvalue weighted by Gasteiger charge is -2.19. The van der Waals surface area contributed by atoms with Crippen LogP contribution in [0.25, 0.3) is 22.4 Å². The normalized spacial score (nSPS) is 17.3. The zero-order valence-corrected chi connectivity index (χ0v) is 22.2. The van der Waals surface area contributed by atoms with Gasteiger partial charge in [-0.25, -0.2) is 14.4 Å². The molecule has 6 nitrogen and oxygen atoms in total. The third-order valence-corrected chi connectivity index (χ3v) is 7.75. The van der Waals surface area contributed by atoms with Gasteiger partial charge in [0.1, 0.15) is 29.7 Å². The number of methoxy groups -OCH3 is 1. The number of carbonyl (C=O) groups excluding carboxylic acids is 1. The van der Waals surface area contributed by atoms with E-state index < -0.39 is 6.10 Å². The van der Waals surface area contributed by atoms with Crippen LogP contribution in [0.15, 0.2) is 61.1 Å². The number of esters is 1. The van der Waals surface area contributed by atoms with Gasteiger partial charge in [-0.15, -0.1) is 0 Å². The van der Waals surface area contributed by atoms with Gasteiger partial charge in [-0.3, -0.25) is 4.79 Å². The third kappa shape index (κ3) is 4.62. The highest BCUT2D eigenvalue weighted by Gasteiger charge is 2.32. The molecule has 2 aliphatic rings. The highest BCUT2D eigenvalue weighted by molar-refractivity contribution is 5.79. The summed E-state index contributed by atoms with van der Waals surface area (Å²) in [5.74, 6) is 0.765. The lowest BCUT2D eigenvalue weighted by Crippen LogP contribution is -2.09. The van der Waals surface area contributed by atoms with Crippen molar-refractivity contribution in [3.63, 3.8) is 0 Å². The van der Waals surface area contributed by atoms with Crippen LogP contribution in [-0.4, -0.2) is 29.7 Å². The molecule has 0 saturated carbocycles. The lowest BCUT2D eigenvalue weighted by atomic mass is 9.88. The van der Waals surface area contributed by atoms with Crippen LogP contribution in [-0.2, 0) is 16.0 Å². The predicted molar refractivity (Wildman–Crippen MR) is 145 cm³/mol. The molecule has 2 atom stereocenters. The zero-order valence-electron chi connectivity index (χ0n) is 22.2. The average Bonchev–Trinajstić information content (AvgIpc) is 3.54. The van der Waals surface area contributed by atoms with Crippen molar-refractivity contribution in [1.82, 2.24) is 9.97 Å². The standard InChI is InChI=1S/C32H29FN2O4/c1-18-12-20(27-10-11-34-17-35-27)13-19(2)31(18)24-6-8-26(33)32-25(24)7-9-28(32)39-22-4-5-23-21(14-30(36)37-3)16-38-29(23)15-22/h4-6,8,10-13,15,17,21,28H,7,9,14,16H2,1-3H3/t21?,28-/m1/s1. The van der Waals surface area contributed by atoms with Gasteiger partial charge in [0.2, 0.25) is 0 Å². The Balaban J connectivity index is 1.29. The number of nitrogens with zero attached hydrogens (tertiary/aromatic N) is 2. The fourth-order valence-electron chi connectivity index (χ4n) is 5.97. The molecule has 0 bridgehead atoms. The number of ether oxygens (including phenoxy) is 3. The summed E-state index contributed by atoms with van der Waals surface area (Å²) in [5.41, 5.74) is 8.87. The number of benzene rings is 3. The van der Waals surface area contributed by atoms with E-state index in [1.807, 2.05) is 30.3 Å². The van der Waals surface area contributed by atoms with Crippen molar-refractivity contribution in [1.29, 1.82) is 0 Å². The smallest absolute Gasteiger partial charge is 0.306 e. The van der Waals surface area contributed by atoms with Gasteiger partial charge < -0.3 is 14.2 Å². The molecular formula is C32H29FN2O4. The molecule has 7 heteroatoms. The molecule has 0 saturated heterocycles. The summed E-state index contributed by atoms with van der Waals surface area (Å²) in [6.07, 6.45) is 4.57. The van der Waals surface area contributed by atoms with Crippen molar-refractivity contribution >= 4 is 5.97 Å². The van der Waals surface area contributed by atoms with Crippen LogP contribution in [0.1, 0.15) is 52.7 Å². The van der Waals surface area contributed by atoms with Crippen LogP contribution in [0, 0.1) is 19.7 Å². The Labute approximate surface area is 226 Å². The van der Waals surface area contributed by atoms with E-state index in [4.69, 9.17) is 14.2 Å². The first-order valence-corrected chi connectivity index (χ1v) is 13.1. The quantitative estimate of drug-likeness (QED) is 0.262. The topological polar surface area (TPSA) is 70.5 Å². The molecule has 0 spiro atoms. The van der Waals surface area contributed by atoms with Crippen molar-refractivity contribution in [2.24, 2.45) is 0 Å². The first-order valence-electron chi connectivity index (χ1n) is 13.1. The second kappa shape index (κ2) is 10.1. The molecular weight excluding hydrogens is 495 g/mol. The molecule has 198 valence electrons. The molecule has 0 N–H and O–H groups in total. The second-order valence-corrected chi connectivity index (χ2v) is 10.2. The molecule has 1 aliphatic heterocycles. The molecule has 0 amide bonds. The Bertz CT molecular complexity index is 1550. The van der Waals surface area contributed by atoms with Crippen molar-refractivity contribution < 1.29 is 23.4 Å². The largest absolute Gasteiger partial charge is 0.492 e. The molecule has 2 heterocycles. The Hall–Kier alpha value is -4.26. The summed E-state index contributed by atoms with van der Waals surface area (Å²) in [5, 5.41) is 0. The summed E-state index contributed by atoms with van der Waals surface area (Å²) in [6, 6.07) is 15.2. The van der Waals surface area contributed by atoms with Gasteiger partial charge in [-0.05, 0) is 84.8 Å². The van der Waals surface area contributed by atoms with E-state index >= 15 is 4.39 Å². The van der Waals surface area contributed by atoms with Gasteiger partial charge in [0.05, 0.1) is 25.8 Å². The molecule has 1 unspecified atom stereocenters. The number of hydrogen-bond donors (Lipinski definition) is 0. The maximum Gasteiger partial charge on any atom is 0.306 e. The van der Waals surface area contributed by atoms with Gasteiger partial charge in [0.25, 0.3) is 0 Å². The first kappa shape index (κ1) is 25.0. The molecule has 0 radical (unpaired) electrons. The fourth-order valence-corrected chi connectivity index (χ4v) is 5.97. The summed E-state index contributed by atoms with van der Waals surface area (Å²) < 4.78 is 32.3. The number of hydrogen-bond acceptors (Lipinski definition) is 6. The Morgan fingerprint density at radius 3 is 2.67 bits per heavy atom. The van der Waals surface area contributed by atoms with E-state index in [0.29, 0.717) is 30.1 Å². The SMILES string of the molecule is COC(=O)CC1COc2cc(O[C@@H]3CCc4c(-c5c(C)cc(-c6ccncn6)cc5C)ccc(F)c43)ccc21. The summed E-state index contributed by atoms with van der Waals surface area (Å²) >= 11 is 0. The van der Waals surface area contributed by atoms with Crippen molar-refractivity contribution in [3.05, 3.63) is 94.7 Å². The van der Waals surface area contributed by atoms with Crippen LogP contribution >= 0.6 is 0 Å². The number of halogens is 1. The molecule has 6 rings (SSSR count). The van der Waals surface area contributed by atoms with E-state index in [2.05, 4.69) is 35.9 Å². The van der Waals surface area contributed by atoms with Gasteiger partial charge >= 0.3 is 5.97 Å². The molecule has 39 heavy (non-hydrogen) atoms. The van der Waals surface area contributed by atoms with Gasteiger partial charge in [0.15, 0.2) is 0 Å². The maximum absolute atomic E-state index is 15.3. The van der Waals surface area contributed by atoms with Gasteiger partial charge in [-0.1, -0.05) is 12.1 Å². The second-order valence-electron chi connectivity index (χ2n) is 10.2. The molecule has 0 fully saturated rings. The minimum atomic E-state index is -0.397. The highest BCUT2D eigenvalue weighted by atomic mass is 19.1. The van der Waals surface area contributed by atoms with Gasteiger partial charge in [-0.2, -0.15) is 0 Å². The number of aryl methyl sites for hydroxylation is 2. The maximum atomic E-state index is 15.3. The predicted octanol–water partition coefficient (Wildman–Crippen LogP) is 6.67. The van der Waals surface area contributed by atoms with Gasteiger partial charge in [0, 0.05) is 34.9 Å². The van der Waals surface area contributed by atoms with E-state index in [-0.39, 0.29) is 24.1 Å². The Morgan fingerprint density at radius 1 is 1.10 bits per heavy atom. The molecule has 1 aliphatic carbocycles. The van der Waals surface area contributed by atoms with Crippen LogP contribution in [0.5, 0.6) is 11.5 Å². The van der Waals surface area contributed by atoms with Crippen molar-refractivity contribution in [3.8, 4) is 33.9 Å². The minimum absolute atomic E-state index is 0.0408.